The van der Waals surface area contributed by atoms with E-state index in [1.807, 2.05) is 24.2 Å². The molecule has 3 rings (SSSR count). The van der Waals surface area contributed by atoms with Crippen LogP contribution in [0.4, 0.5) is 10.1 Å². The first-order valence-electron chi connectivity index (χ1n) is 10.0. The van der Waals surface area contributed by atoms with Gasteiger partial charge in [0.05, 0.1) is 17.9 Å². The maximum Gasteiger partial charge on any atom is 0.338 e. The number of hydrogen-bond acceptors (Lipinski definition) is 4. The third-order valence-electron chi connectivity index (χ3n) is 5.25. The molecular formula is C22H26FN3O4. The van der Waals surface area contributed by atoms with Crippen molar-refractivity contribution in [3.63, 3.8) is 0 Å². The largest absolute Gasteiger partial charge is 0.462 e. The fourth-order valence-corrected chi connectivity index (χ4v) is 3.71. The number of esters is 1. The number of ether oxygens (including phenoxy) is 1. The van der Waals surface area contributed by atoms with Gasteiger partial charge >= 0.3 is 5.97 Å². The Labute approximate surface area is 174 Å². The number of aryl methyl sites for hydroxylation is 1. The van der Waals surface area contributed by atoms with Crippen molar-refractivity contribution in [1.29, 1.82) is 0 Å². The summed E-state index contributed by atoms with van der Waals surface area (Å²) in [6, 6.07) is 7.32. The van der Waals surface area contributed by atoms with Gasteiger partial charge < -0.3 is 19.5 Å². The summed E-state index contributed by atoms with van der Waals surface area (Å²) in [7, 11) is 1.84. The van der Waals surface area contributed by atoms with E-state index in [1.165, 1.54) is 19.1 Å². The second-order valence-corrected chi connectivity index (χ2v) is 7.45. The molecule has 2 aromatic rings. The molecule has 1 atom stereocenters. The van der Waals surface area contributed by atoms with Crippen molar-refractivity contribution in [3.05, 3.63) is 53.6 Å². The summed E-state index contributed by atoms with van der Waals surface area (Å²) in [4.78, 5) is 38.3. The Morgan fingerprint density at radius 2 is 2.03 bits per heavy atom. The van der Waals surface area contributed by atoms with Crippen LogP contribution < -0.4 is 5.32 Å². The highest BCUT2D eigenvalue weighted by Gasteiger charge is 2.28. The molecule has 0 saturated carbocycles. The van der Waals surface area contributed by atoms with Crippen LogP contribution in [0, 0.1) is 5.82 Å². The Bertz CT molecular complexity index is 940. The lowest BCUT2D eigenvalue weighted by atomic mass is 9.99. The van der Waals surface area contributed by atoms with Gasteiger partial charge in [0.25, 0.3) is 5.91 Å². The molecule has 1 N–H and O–H groups in total. The van der Waals surface area contributed by atoms with E-state index in [0.29, 0.717) is 18.7 Å². The minimum Gasteiger partial charge on any atom is -0.462 e. The number of carbonyl (C=O) groups excluding carboxylic acids is 3. The lowest BCUT2D eigenvalue weighted by Crippen LogP contribution is -2.44. The van der Waals surface area contributed by atoms with E-state index in [1.54, 1.807) is 10.6 Å². The zero-order chi connectivity index (χ0) is 21.7. The molecule has 0 radical (unpaired) electrons. The fourth-order valence-electron chi connectivity index (χ4n) is 3.71. The van der Waals surface area contributed by atoms with Crippen LogP contribution in [-0.2, 0) is 16.6 Å². The van der Waals surface area contributed by atoms with Crippen LogP contribution >= 0.6 is 0 Å². The van der Waals surface area contributed by atoms with Crippen LogP contribution in [0.15, 0.2) is 36.5 Å². The highest BCUT2D eigenvalue weighted by molar-refractivity contribution is 5.94. The Morgan fingerprint density at radius 3 is 2.73 bits per heavy atom. The van der Waals surface area contributed by atoms with Crippen molar-refractivity contribution in [2.24, 2.45) is 7.05 Å². The number of likely N-dealkylation sites (tertiary alicyclic amines) is 1. The van der Waals surface area contributed by atoms with Gasteiger partial charge in [0.2, 0.25) is 5.91 Å². The van der Waals surface area contributed by atoms with Gasteiger partial charge in [-0.05, 0) is 49.6 Å². The first-order chi connectivity index (χ1) is 14.4. The standard InChI is InChI=1S/C22H26FN3O4/c1-15(27)24-19-14-16(8-9-18(19)23)22(29)30-13-10-17-6-3-4-12-26(17)21(28)20-7-5-11-25(20)2/h5,7-9,11,14,17H,3-4,6,10,12-13H2,1-2H3,(H,24,27). The van der Waals surface area contributed by atoms with Gasteiger partial charge in [-0.25, -0.2) is 9.18 Å². The molecule has 30 heavy (non-hydrogen) atoms. The average Bonchev–Trinajstić information content (AvgIpc) is 3.15. The summed E-state index contributed by atoms with van der Waals surface area (Å²) in [5, 5.41) is 2.34. The lowest BCUT2D eigenvalue weighted by molar-refractivity contribution is -0.114. The predicted molar refractivity (Wildman–Crippen MR) is 110 cm³/mol. The maximum atomic E-state index is 13.7. The maximum absolute atomic E-state index is 13.7. The first-order valence-corrected chi connectivity index (χ1v) is 10.0. The van der Waals surface area contributed by atoms with Gasteiger partial charge in [-0.15, -0.1) is 0 Å². The minimum atomic E-state index is -0.626. The van der Waals surface area contributed by atoms with E-state index in [0.717, 1.165) is 25.3 Å². The number of rotatable bonds is 6. The van der Waals surface area contributed by atoms with Gasteiger partial charge in [-0.2, -0.15) is 0 Å². The van der Waals surface area contributed by atoms with Crippen molar-refractivity contribution in [3.8, 4) is 0 Å². The van der Waals surface area contributed by atoms with E-state index in [9.17, 15) is 18.8 Å². The van der Waals surface area contributed by atoms with Crippen molar-refractivity contribution < 1.29 is 23.5 Å². The van der Waals surface area contributed by atoms with Crippen LogP contribution in [0.1, 0.15) is 53.5 Å². The van der Waals surface area contributed by atoms with Crippen LogP contribution in [-0.4, -0.2) is 46.4 Å². The summed E-state index contributed by atoms with van der Waals surface area (Å²) in [6.07, 6.45) is 5.20. The van der Waals surface area contributed by atoms with Crippen molar-refractivity contribution in [1.82, 2.24) is 9.47 Å². The smallest absolute Gasteiger partial charge is 0.338 e. The van der Waals surface area contributed by atoms with Crippen molar-refractivity contribution in [2.75, 3.05) is 18.5 Å². The molecule has 7 nitrogen and oxygen atoms in total. The van der Waals surface area contributed by atoms with E-state index in [2.05, 4.69) is 5.32 Å². The predicted octanol–water partition coefficient (Wildman–Crippen LogP) is 3.36. The van der Waals surface area contributed by atoms with Gasteiger partial charge in [0.15, 0.2) is 0 Å². The second kappa shape index (κ2) is 9.56. The molecular weight excluding hydrogens is 389 g/mol. The number of carbonyl (C=O) groups is 3. The molecule has 2 heterocycles. The highest BCUT2D eigenvalue weighted by Crippen LogP contribution is 2.23. The molecule has 1 fully saturated rings. The molecule has 1 aliphatic rings. The summed E-state index contributed by atoms with van der Waals surface area (Å²) < 4.78 is 20.9. The molecule has 2 amide bonds. The van der Waals surface area contributed by atoms with E-state index in [4.69, 9.17) is 4.74 Å². The Hall–Kier alpha value is -3.16. The number of anilines is 1. The molecule has 1 unspecified atom stereocenters. The Balaban J connectivity index is 1.59. The fraction of sp³-hybridized carbons (Fsp3) is 0.409. The average molecular weight is 415 g/mol. The van der Waals surface area contributed by atoms with Crippen LogP contribution in [0.25, 0.3) is 0 Å². The molecule has 1 aromatic carbocycles. The van der Waals surface area contributed by atoms with Crippen molar-refractivity contribution >= 4 is 23.5 Å². The van der Waals surface area contributed by atoms with E-state index >= 15 is 0 Å². The SMILES string of the molecule is CC(=O)Nc1cc(C(=O)OCCC2CCCCN2C(=O)c2cccn2C)ccc1F. The number of aromatic nitrogens is 1. The zero-order valence-corrected chi connectivity index (χ0v) is 17.2. The van der Waals surface area contributed by atoms with Crippen LogP contribution in [0.5, 0.6) is 0 Å². The van der Waals surface area contributed by atoms with Crippen molar-refractivity contribution in [2.45, 2.75) is 38.6 Å². The second-order valence-electron chi connectivity index (χ2n) is 7.45. The number of halogens is 1. The number of nitrogens with zero attached hydrogens (tertiary/aromatic N) is 2. The van der Waals surface area contributed by atoms with Gasteiger partial charge in [0.1, 0.15) is 11.5 Å². The molecule has 1 saturated heterocycles. The van der Waals surface area contributed by atoms with Crippen LogP contribution in [0.3, 0.4) is 0 Å². The molecule has 8 heteroatoms. The van der Waals surface area contributed by atoms with E-state index < -0.39 is 17.7 Å². The summed E-state index contributed by atoms with van der Waals surface area (Å²) >= 11 is 0. The summed E-state index contributed by atoms with van der Waals surface area (Å²) in [5.74, 6) is -1.67. The normalized spacial score (nSPS) is 16.2. The minimum absolute atomic E-state index is 0.00268. The number of benzene rings is 1. The zero-order valence-electron chi connectivity index (χ0n) is 17.2. The molecule has 0 spiro atoms. The summed E-state index contributed by atoms with van der Waals surface area (Å²) in [5.41, 5.74) is 0.722. The lowest BCUT2D eigenvalue weighted by Gasteiger charge is -2.35. The number of piperidine rings is 1. The molecule has 0 bridgehead atoms. The Morgan fingerprint density at radius 1 is 1.23 bits per heavy atom. The number of nitrogens with one attached hydrogen (secondary N) is 1. The first kappa shape index (κ1) is 21.5. The number of hydrogen-bond donors (Lipinski definition) is 1. The third kappa shape index (κ3) is 5.06. The topological polar surface area (TPSA) is 80.6 Å². The third-order valence-corrected chi connectivity index (χ3v) is 5.25. The van der Waals surface area contributed by atoms with Gasteiger partial charge in [-0.1, -0.05) is 0 Å². The molecule has 0 aliphatic carbocycles. The molecule has 1 aromatic heterocycles. The Kier molecular flexibility index (Phi) is 6.87. The molecule has 1 aliphatic heterocycles. The summed E-state index contributed by atoms with van der Waals surface area (Å²) in [6.45, 7) is 2.09. The molecule has 160 valence electrons. The van der Waals surface area contributed by atoms with Crippen LogP contribution in [0.2, 0.25) is 0 Å². The van der Waals surface area contributed by atoms with Gasteiger partial charge in [-0.3, -0.25) is 9.59 Å². The number of amides is 2. The van der Waals surface area contributed by atoms with Gasteiger partial charge in [0, 0.05) is 39.2 Å². The quantitative estimate of drug-likeness (QED) is 0.734. The monoisotopic (exact) mass is 415 g/mol. The highest BCUT2D eigenvalue weighted by atomic mass is 19.1. The van der Waals surface area contributed by atoms with E-state index in [-0.39, 0.29) is 29.8 Å².